The molecule has 1 aliphatic heterocycles. The second kappa shape index (κ2) is 2.82. The Morgan fingerprint density at radius 1 is 1.38 bits per heavy atom. The first kappa shape index (κ1) is 5.76. The summed E-state index contributed by atoms with van der Waals surface area (Å²) in [6.45, 7) is 0. The first-order valence-corrected chi connectivity index (χ1v) is 3.84. The molecule has 0 spiro atoms. The van der Waals surface area contributed by atoms with Gasteiger partial charge >= 0.3 is 0 Å². The van der Waals surface area contributed by atoms with Crippen LogP contribution in [0.5, 0.6) is 0 Å². The van der Waals surface area contributed by atoms with E-state index in [9.17, 15) is 0 Å². The lowest BCUT2D eigenvalue weighted by Gasteiger charge is -2.06. The van der Waals surface area contributed by atoms with Crippen molar-refractivity contribution in [3.05, 3.63) is 24.6 Å². The van der Waals surface area contributed by atoms with Gasteiger partial charge in [0.25, 0.3) is 0 Å². The summed E-state index contributed by atoms with van der Waals surface area (Å²) in [5.41, 5.74) is 0. The second-order valence-electron chi connectivity index (χ2n) is 1.59. The van der Waals surface area contributed by atoms with Gasteiger partial charge in [-0.25, -0.2) is 0 Å². The number of thioether (sulfide) groups is 1. The SMILES string of the molecule is CSC1C=CNC=C1. The fourth-order valence-electron chi connectivity index (χ4n) is 0.578. The van der Waals surface area contributed by atoms with Crippen molar-refractivity contribution in [1.82, 2.24) is 5.32 Å². The van der Waals surface area contributed by atoms with E-state index in [0.717, 1.165) is 0 Å². The summed E-state index contributed by atoms with van der Waals surface area (Å²) < 4.78 is 0. The molecule has 0 amide bonds. The summed E-state index contributed by atoms with van der Waals surface area (Å²) in [4.78, 5) is 0. The summed E-state index contributed by atoms with van der Waals surface area (Å²) in [6, 6.07) is 0. The van der Waals surface area contributed by atoms with Gasteiger partial charge in [0.05, 0.1) is 0 Å². The van der Waals surface area contributed by atoms with E-state index in [1.54, 1.807) is 0 Å². The highest BCUT2D eigenvalue weighted by atomic mass is 32.2. The van der Waals surface area contributed by atoms with E-state index < -0.39 is 0 Å². The van der Waals surface area contributed by atoms with E-state index in [0.29, 0.717) is 5.25 Å². The maximum absolute atomic E-state index is 2.97. The van der Waals surface area contributed by atoms with Gasteiger partial charge in [0.1, 0.15) is 0 Å². The predicted octanol–water partition coefficient (Wildman–Crippen LogP) is 1.35. The zero-order valence-electron chi connectivity index (χ0n) is 4.79. The molecule has 2 heteroatoms. The van der Waals surface area contributed by atoms with E-state index in [1.165, 1.54) is 0 Å². The molecule has 0 aliphatic carbocycles. The third-order valence-corrected chi connectivity index (χ3v) is 1.90. The van der Waals surface area contributed by atoms with Crippen LogP contribution >= 0.6 is 11.8 Å². The molecule has 0 radical (unpaired) electrons. The lowest BCUT2D eigenvalue weighted by Crippen LogP contribution is -2.04. The molecule has 0 fully saturated rings. The molecule has 1 rings (SSSR count). The van der Waals surface area contributed by atoms with Crippen LogP contribution in [0.4, 0.5) is 0 Å². The van der Waals surface area contributed by atoms with E-state index in [-0.39, 0.29) is 0 Å². The van der Waals surface area contributed by atoms with Gasteiger partial charge in [-0.3, -0.25) is 0 Å². The Morgan fingerprint density at radius 2 is 2.00 bits per heavy atom. The molecular weight excluding hydrogens is 118 g/mol. The summed E-state index contributed by atoms with van der Waals surface area (Å²) in [6.07, 6.45) is 10.3. The van der Waals surface area contributed by atoms with Crippen LogP contribution in [0.15, 0.2) is 24.6 Å². The van der Waals surface area contributed by atoms with Crippen LogP contribution in [-0.2, 0) is 0 Å². The summed E-state index contributed by atoms with van der Waals surface area (Å²) >= 11 is 1.83. The molecule has 0 aromatic carbocycles. The van der Waals surface area contributed by atoms with E-state index in [4.69, 9.17) is 0 Å². The van der Waals surface area contributed by atoms with Crippen molar-refractivity contribution in [3.63, 3.8) is 0 Å². The van der Waals surface area contributed by atoms with Gasteiger partial charge < -0.3 is 5.32 Å². The predicted molar refractivity (Wildman–Crippen MR) is 38.7 cm³/mol. The monoisotopic (exact) mass is 127 g/mol. The van der Waals surface area contributed by atoms with Crippen LogP contribution in [0.3, 0.4) is 0 Å². The average Bonchev–Trinajstić information content (AvgIpc) is 1.90. The van der Waals surface area contributed by atoms with Crippen LogP contribution in [0, 0.1) is 0 Å². The molecule has 0 atom stereocenters. The Morgan fingerprint density at radius 3 is 2.38 bits per heavy atom. The van der Waals surface area contributed by atoms with Crippen molar-refractivity contribution in [2.45, 2.75) is 5.25 Å². The van der Waals surface area contributed by atoms with Gasteiger partial charge in [-0.05, 0) is 18.7 Å². The molecule has 8 heavy (non-hydrogen) atoms. The minimum atomic E-state index is 0.580. The highest BCUT2D eigenvalue weighted by Gasteiger charge is 1.96. The first-order chi connectivity index (χ1) is 3.93. The Hall–Kier alpha value is -0.370. The van der Waals surface area contributed by atoms with Crippen LogP contribution in [0.2, 0.25) is 0 Å². The number of hydrogen-bond acceptors (Lipinski definition) is 2. The van der Waals surface area contributed by atoms with Gasteiger partial charge in [0.2, 0.25) is 0 Å². The van der Waals surface area contributed by atoms with Crippen molar-refractivity contribution < 1.29 is 0 Å². The van der Waals surface area contributed by atoms with Crippen molar-refractivity contribution >= 4 is 11.8 Å². The number of dihydropyridines is 1. The van der Waals surface area contributed by atoms with Crippen molar-refractivity contribution in [2.24, 2.45) is 0 Å². The van der Waals surface area contributed by atoms with Gasteiger partial charge in [0, 0.05) is 5.25 Å². The summed E-state index contributed by atoms with van der Waals surface area (Å²) in [7, 11) is 0. The van der Waals surface area contributed by atoms with E-state index in [1.807, 2.05) is 24.2 Å². The molecule has 0 aromatic rings. The van der Waals surface area contributed by atoms with Gasteiger partial charge in [-0.1, -0.05) is 12.2 Å². The zero-order valence-corrected chi connectivity index (χ0v) is 5.61. The summed E-state index contributed by atoms with van der Waals surface area (Å²) in [5.74, 6) is 0. The standard InChI is InChI=1S/C6H9NS/c1-8-6-2-4-7-5-3-6/h2-7H,1H3. The quantitative estimate of drug-likeness (QED) is 0.570. The topological polar surface area (TPSA) is 12.0 Å². The lowest BCUT2D eigenvalue weighted by atomic mass is 10.3. The first-order valence-electron chi connectivity index (χ1n) is 2.55. The van der Waals surface area contributed by atoms with Gasteiger partial charge in [-0.2, -0.15) is 11.8 Å². The summed E-state index contributed by atoms with van der Waals surface area (Å²) in [5, 5.41) is 3.55. The molecule has 0 saturated heterocycles. The number of hydrogen-bond donors (Lipinski definition) is 1. The van der Waals surface area contributed by atoms with E-state index in [2.05, 4.69) is 23.7 Å². The molecular formula is C6H9NS. The average molecular weight is 127 g/mol. The number of nitrogens with one attached hydrogen (secondary N) is 1. The largest absolute Gasteiger partial charge is 0.368 e. The molecule has 0 bridgehead atoms. The van der Waals surface area contributed by atoms with E-state index >= 15 is 0 Å². The molecule has 1 aliphatic rings. The van der Waals surface area contributed by atoms with Crippen LogP contribution in [-0.4, -0.2) is 11.5 Å². The molecule has 0 aromatic heterocycles. The molecule has 1 N–H and O–H groups in total. The molecule has 0 unspecified atom stereocenters. The van der Waals surface area contributed by atoms with Gasteiger partial charge in [0.15, 0.2) is 0 Å². The fourth-order valence-corrected chi connectivity index (χ4v) is 1.05. The Labute approximate surface area is 53.9 Å². The fraction of sp³-hybridized carbons (Fsp3) is 0.333. The maximum atomic E-state index is 2.97. The second-order valence-corrected chi connectivity index (χ2v) is 2.60. The highest BCUT2D eigenvalue weighted by Crippen LogP contribution is 2.10. The van der Waals surface area contributed by atoms with Crippen LogP contribution in [0.25, 0.3) is 0 Å². The molecule has 1 nitrogen and oxygen atoms in total. The molecule has 1 heterocycles. The van der Waals surface area contributed by atoms with Crippen molar-refractivity contribution in [1.29, 1.82) is 0 Å². The highest BCUT2D eigenvalue weighted by molar-refractivity contribution is 7.99. The minimum absolute atomic E-state index is 0.580. The molecule has 0 saturated carbocycles. The zero-order chi connectivity index (χ0) is 5.82. The van der Waals surface area contributed by atoms with Crippen LogP contribution < -0.4 is 5.32 Å². The Balaban J connectivity index is 2.42. The third kappa shape index (κ3) is 1.30. The smallest absolute Gasteiger partial charge is 0.0438 e. The Kier molecular flexibility index (Phi) is 2.03. The maximum Gasteiger partial charge on any atom is 0.0438 e. The minimum Gasteiger partial charge on any atom is -0.368 e. The van der Waals surface area contributed by atoms with Crippen molar-refractivity contribution in [2.75, 3.05) is 6.26 Å². The van der Waals surface area contributed by atoms with Gasteiger partial charge in [-0.15, -0.1) is 0 Å². The normalized spacial score (nSPS) is 18.6. The molecule has 44 valence electrons. The Bertz CT molecular complexity index is 106. The lowest BCUT2D eigenvalue weighted by molar-refractivity contribution is 1.12. The number of rotatable bonds is 1. The van der Waals surface area contributed by atoms with Crippen LogP contribution in [0.1, 0.15) is 0 Å². The van der Waals surface area contributed by atoms with Crippen molar-refractivity contribution in [3.8, 4) is 0 Å². The third-order valence-electron chi connectivity index (χ3n) is 1.04.